The van der Waals surface area contributed by atoms with Crippen LogP contribution >= 0.6 is 0 Å². The molecule has 0 saturated carbocycles. The summed E-state index contributed by atoms with van der Waals surface area (Å²) in [5.74, 6) is -6.62. The highest BCUT2D eigenvalue weighted by Gasteiger charge is 2.63. The molecule has 0 fully saturated rings. The van der Waals surface area contributed by atoms with Gasteiger partial charge in [0.15, 0.2) is 11.4 Å². The Hall–Kier alpha value is -4.15. The topological polar surface area (TPSA) is 165 Å². The minimum Gasteiger partial charge on any atom is -0.510 e. The number of rotatable bonds is 7. The summed E-state index contributed by atoms with van der Waals surface area (Å²) in [6.07, 6.45) is 3.34. The van der Waals surface area contributed by atoms with Crippen LogP contribution in [-0.4, -0.2) is 82.6 Å². The number of ketones is 2. The fourth-order valence-electron chi connectivity index (χ4n) is 7.15. The number of hydrogen-bond acceptors (Lipinski definition) is 9. The fraction of sp³-hybridized carbons (Fsp3) is 0.424. The summed E-state index contributed by atoms with van der Waals surface area (Å²) in [5.41, 5.74) is 5.37. The minimum absolute atomic E-state index is 0.00274. The highest BCUT2D eigenvalue weighted by Crippen LogP contribution is 2.54. The summed E-state index contributed by atoms with van der Waals surface area (Å²) in [7, 11) is 6.89. The molecule has 5 rings (SSSR count). The Labute approximate surface area is 250 Å². The molecule has 2 aromatic rings. The number of aliphatic hydroxyl groups excluding tert-OH is 2. The normalized spacial score (nSPS) is 25.0. The Kier molecular flexibility index (Phi) is 7.64. The smallest absolute Gasteiger partial charge is 0.255 e. The van der Waals surface area contributed by atoms with Crippen LogP contribution in [0.1, 0.15) is 47.7 Å². The summed E-state index contributed by atoms with van der Waals surface area (Å²) in [4.78, 5) is 43.4. The van der Waals surface area contributed by atoms with Crippen molar-refractivity contribution < 1.29 is 34.8 Å². The molecule has 43 heavy (non-hydrogen) atoms. The first-order chi connectivity index (χ1) is 20.2. The number of anilines is 1. The maximum Gasteiger partial charge on any atom is 0.255 e. The van der Waals surface area contributed by atoms with Gasteiger partial charge in [0.1, 0.15) is 22.8 Å². The molecule has 2 aromatic carbocycles. The molecule has 0 radical (unpaired) electrons. The molecule has 0 saturated heterocycles. The second-order valence-electron chi connectivity index (χ2n) is 12.3. The lowest BCUT2D eigenvalue weighted by atomic mass is 9.58. The molecular formula is C33H39N3O7. The second-order valence-corrected chi connectivity index (χ2v) is 12.3. The zero-order chi connectivity index (χ0) is 31.5. The first kappa shape index (κ1) is 30.3. The van der Waals surface area contributed by atoms with Gasteiger partial charge in [-0.25, -0.2) is 0 Å². The van der Waals surface area contributed by atoms with Crippen molar-refractivity contribution in [2.24, 2.45) is 17.6 Å². The van der Waals surface area contributed by atoms with Crippen LogP contribution in [0.15, 0.2) is 53.0 Å². The third kappa shape index (κ3) is 4.51. The van der Waals surface area contributed by atoms with Gasteiger partial charge in [-0.05, 0) is 68.5 Å². The van der Waals surface area contributed by atoms with Crippen LogP contribution < -0.4 is 10.6 Å². The number of aryl methyl sites for hydroxylation is 1. The molecule has 3 aliphatic rings. The van der Waals surface area contributed by atoms with Crippen LogP contribution in [0.25, 0.3) is 11.1 Å². The number of likely N-dealkylation sites (N-methyl/N-ethyl adjacent to an activating group) is 1. The molecule has 0 unspecified atom stereocenters. The van der Waals surface area contributed by atoms with Crippen molar-refractivity contribution in [1.82, 2.24) is 4.90 Å². The van der Waals surface area contributed by atoms with Gasteiger partial charge in [-0.1, -0.05) is 37.6 Å². The molecule has 0 heterocycles. The highest BCUT2D eigenvalue weighted by molar-refractivity contribution is 6.25. The third-order valence-electron chi connectivity index (χ3n) is 9.26. The number of primary amides is 1. The molecule has 0 aliphatic heterocycles. The highest BCUT2D eigenvalue weighted by atomic mass is 16.3. The number of phenolic OH excluding ortho intramolecular Hbond substituents is 1. The molecule has 228 valence electrons. The lowest BCUT2D eigenvalue weighted by molar-refractivity contribution is -0.148. The number of Topliss-reactive ketones (excluding diaryl/α,β-unsaturated/α-hetero) is 2. The molecule has 0 bridgehead atoms. The number of fused-ring (bicyclic) bond motifs is 3. The van der Waals surface area contributed by atoms with Gasteiger partial charge >= 0.3 is 0 Å². The zero-order valence-electron chi connectivity index (χ0n) is 25.1. The van der Waals surface area contributed by atoms with Crippen LogP contribution in [0.5, 0.6) is 5.75 Å². The number of hydrogen-bond donors (Lipinski definition) is 5. The molecule has 4 atom stereocenters. The van der Waals surface area contributed by atoms with Crippen molar-refractivity contribution in [2.45, 2.75) is 50.7 Å². The fourth-order valence-corrected chi connectivity index (χ4v) is 7.15. The summed E-state index contributed by atoms with van der Waals surface area (Å²) >= 11 is 0. The van der Waals surface area contributed by atoms with E-state index in [1.807, 2.05) is 49.3 Å². The number of amides is 1. The zero-order valence-corrected chi connectivity index (χ0v) is 25.1. The van der Waals surface area contributed by atoms with E-state index in [1.165, 1.54) is 10.5 Å². The van der Waals surface area contributed by atoms with Crippen molar-refractivity contribution in [3.05, 3.63) is 69.7 Å². The monoisotopic (exact) mass is 589 g/mol. The summed E-state index contributed by atoms with van der Waals surface area (Å²) in [5, 5.41) is 46.0. The number of aliphatic hydroxyl groups is 3. The number of unbranched alkanes of at least 4 members (excludes halogenated alkanes) is 1. The van der Waals surface area contributed by atoms with E-state index in [2.05, 4.69) is 6.92 Å². The Balaban J connectivity index is 1.69. The van der Waals surface area contributed by atoms with Crippen LogP contribution in [0, 0.1) is 11.8 Å². The average molecular weight is 590 g/mol. The van der Waals surface area contributed by atoms with Crippen molar-refractivity contribution in [3.63, 3.8) is 0 Å². The molecule has 10 heteroatoms. The number of carbonyl (C=O) groups is 3. The van der Waals surface area contributed by atoms with E-state index >= 15 is 0 Å². The SMILES string of the molecule is CCCCc1ccc(-c2cc(N(C)C)c3c(c2O)C(=O)C2=C(O)[C@]4(O)C(=O)C(C(N)=O)=C(O)[C@@H](N(C)C)[C@H]4C[C@H]2C3)cc1. The molecule has 0 spiro atoms. The lowest BCUT2D eigenvalue weighted by Crippen LogP contribution is -2.63. The minimum atomic E-state index is -2.67. The number of benzene rings is 2. The first-order valence-corrected chi connectivity index (χ1v) is 14.6. The van der Waals surface area contributed by atoms with Crippen molar-refractivity contribution in [3.8, 4) is 16.9 Å². The molecule has 0 aromatic heterocycles. The number of aromatic hydroxyl groups is 1. The van der Waals surface area contributed by atoms with Gasteiger partial charge in [0, 0.05) is 36.8 Å². The number of nitrogens with two attached hydrogens (primary N) is 1. The first-order valence-electron chi connectivity index (χ1n) is 14.6. The predicted molar refractivity (Wildman–Crippen MR) is 162 cm³/mol. The lowest BCUT2D eigenvalue weighted by Gasteiger charge is -2.50. The summed E-state index contributed by atoms with van der Waals surface area (Å²) in [6.45, 7) is 2.13. The number of phenols is 1. The van der Waals surface area contributed by atoms with Crippen LogP contribution in [-0.2, 0) is 22.4 Å². The molecule has 3 aliphatic carbocycles. The van der Waals surface area contributed by atoms with E-state index in [0.29, 0.717) is 22.4 Å². The van der Waals surface area contributed by atoms with Gasteiger partial charge in [0.05, 0.1) is 11.6 Å². The van der Waals surface area contributed by atoms with E-state index in [1.54, 1.807) is 14.1 Å². The van der Waals surface area contributed by atoms with Crippen LogP contribution in [0.2, 0.25) is 0 Å². The third-order valence-corrected chi connectivity index (χ3v) is 9.26. The van der Waals surface area contributed by atoms with E-state index in [9.17, 15) is 34.8 Å². The van der Waals surface area contributed by atoms with E-state index in [4.69, 9.17) is 5.73 Å². The van der Waals surface area contributed by atoms with Gasteiger partial charge in [-0.3, -0.25) is 19.3 Å². The Bertz CT molecular complexity index is 1590. The van der Waals surface area contributed by atoms with Crippen molar-refractivity contribution in [1.29, 1.82) is 0 Å². The largest absolute Gasteiger partial charge is 0.510 e. The number of allylic oxidation sites excluding steroid dienone is 1. The van der Waals surface area contributed by atoms with Gasteiger partial charge < -0.3 is 31.1 Å². The molecule has 10 nitrogen and oxygen atoms in total. The second kappa shape index (κ2) is 10.8. The van der Waals surface area contributed by atoms with Crippen LogP contribution in [0.4, 0.5) is 5.69 Å². The Morgan fingerprint density at radius 3 is 2.28 bits per heavy atom. The van der Waals surface area contributed by atoms with Gasteiger partial charge in [0.25, 0.3) is 5.91 Å². The average Bonchev–Trinajstić information content (AvgIpc) is 2.93. The van der Waals surface area contributed by atoms with Crippen molar-refractivity contribution in [2.75, 3.05) is 33.1 Å². The maximum absolute atomic E-state index is 14.2. The van der Waals surface area contributed by atoms with E-state index in [0.717, 1.165) is 19.3 Å². The molecular weight excluding hydrogens is 550 g/mol. The van der Waals surface area contributed by atoms with Crippen molar-refractivity contribution >= 4 is 23.2 Å². The van der Waals surface area contributed by atoms with E-state index in [-0.39, 0.29) is 29.7 Å². The molecule has 1 amide bonds. The van der Waals surface area contributed by atoms with Gasteiger partial charge in [-0.2, -0.15) is 0 Å². The Morgan fingerprint density at radius 1 is 1.07 bits per heavy atom. The Morgan fingerprint density at radius 2 is 1.72 bits per heavy atom. The van der Waals surface area contributed by atoms with Gasteiger partial charge in [-0.15, -0.1) is 0 Å². The van der Waals surface area contributed by atoms with E-state index < -0.39 is 58.0 Å². The standard InChI is InChI=1S/C33H39N3O7/c1-6-7-8-16-9-11-17(12-10-16)19-15-22(35(2)3)20-13-18-14-21-26(36(4)5)29(39)25(32(34)42)31(41)33(21,43)30(40)23(18)28(38)24(20)27(19)37/h9-12,15,18,21,26,37,39-40,43H,6-8,13-14H2,1-5H3,(H2,34,42)/t18-,21-,26+,33+/m1/s1. The summed E-state index contributed by atoms with van der Waals surface area (Å²) in [6, 6.07) is 8.61. The molecule has 6 N–H and O–H groups in total. The van der Waals surface area contributed by atoms with Crippen LogP contribution in [0.3, 0.4) is 0 Å². The predicted octanol–water partition coefficient (Wildman–Crippen LogP) is 3.20. The number of nitrogens with zero attached hydrogens (tertiary/aromatic N) is 2. The number of carbonyl (C=O) groups excluding carboxylic acids is 3. The van der Waals surface area contributed by atoms with Gasteiger partial charge in [0.2, 0.25) is 5.78 Å². The quantitative estimate of drug-likeness (QED) is 0.305. The maximum atomic E-state index is 14.2. The summed E-state index contributed by atoms with van der Waals surface area (Å²) < 4.78 is 0.